The zero-order valence-corrected chi connectivity index (χ0v) is 19.0. The number of nitrogens with zero attached hydrogens (tertiary/aromatic N) is 1. The van der Waals surface area contributed by atoms with Gasteiger partial charge in [0.15, 0.2) is 0 Å². The standard InChI is InChI=1S/C21H28N2O5Si/c1-14(24)22-17-12-11-15(27-5)13-16(17)20-18(23(25)26)9-8-10-19(20)28-29(6,7)21(2,3)4/h8-13H,1-7H3,(H,22,24). The molecule has 0 unspecified atom stereocenters. The van der Waals surface area contributed by atoms with Crippen LogP contribution in [-0.2, 0) is 4.79 Å². The molecule has 0 aromatic heterocycles. The van der Waals surface area contributed by atoms with Crippen LogP contribution in [0.3, 0.4) is 0 Å². The van der Waals surface area contributed by atoms with Crippen LogP contribution in [0, 0.1) is 10.1 Å². The monoisotopic (exact) mass is 416 g/mol. The zero-order valence-electron chi connectivity index (χ0n) is 18.0. The summed E-state index contributed by atoms with van der Waals surface area (Å²) >= 11 is 0. The van der Waals surface area contributed by atoms with E-state index in [0.717, 1.165) is 0 Å². The fraction of sp³-hybridized carbons (Fsp3) is 0.381. The van der Waals surface area contributed by atoms with E-state index in [1.165, 1.54) is 20.1 Å². The maximum absolute atomic E-state index is 11.8. The van der Waals surface area contributed by atoms with Crippen molar-refractivity contribution in [2.45, 2.75) is 45.8 Å². The average molecular weight is 417 g/mol. The Morgan fingerprint density at radius 3 is 2.34 bits per heavy atom. The van der Waals surface area contributed by atoms with Crippen molar-refractivity contribution in [2.24, 2.45) is 0 Å². The number of nitro groups is 1. The second kappa shape index (κ2) is 8.24. The third-order valence-electron chi connectivity index (χ3n) is 5.18. The van der Waals surface area contributed by atoms with E-state index in [-0.39, 0.29) is 16.6 Å². The highest BCUT2D eigenvalue weighted by atomic mass is 28.4. The van der Waals surface area contributed by atoms with E-state index in [1.54, 1.807) is 30.3 Å². The number of nitro benzene ring substituents is 1. The summed E-state index contributed by atoms with van der Waals surface area (Å²) in [6.07, 6.45) is 0. The molecule has 1 N–H and O–H groups in total. The molecular formula is C21H28N2O5Si. The molecule has 7 nitrogen and oxygen atoms in total. The van der Waals surface area contributed by atoms with E-state index in [2.05, 4.69) is 39.2 Å². The molecule has 0 fully saturated rings. The number of nitrogens with one attached hydrogen (secondary N) is 1. The first kappa shape index (κ1) is 22.4. The lowest BCUT2D eigenvalue weighted by atomic mass is 10.00. The quantitative estimate of drug-likeness (QED) is 0.375. The highest BCUT2D eigenvalue weighted by Gasteiger charge is 2.40. The molecule has 0 heterocycles. The second-order valence-electron chi connectivity index (χ2n) is 8.36. The third-order valence-corrected chi connectivity index (χ3v) is 9.52. The number of carbonyl (C=O) groups is 1. The summed E-state index contributed by atoms with van der Waals surface area (Å²) in [5.41, 5.74) is 1.15. The van der Waals surface area contributed by atoms with Gasteiger partial charge in [-0.2, -0.15) is 0 Å². The minimum atomic E-state index is -2.28. The van der Waals surface area contributed by atoms with Crippen LogP contribution in [0.15, 0.2) is 36.4 Å². The van der Waals surface area contributed by atoms with E-state index in [1.807, 2.05) is 0 Å². The summed E-state index contributed by atoms with van der Waals surface area (Å²) in [7, 11) is -0.763. The predicted molar refractivity (Wildman–Crippen MR) is 117 cm³/mol. The van der Waals surface area contributed by atoms with Crippen LogP contribution in [-0.4, -0.2) is 26.3 Å². The molecule has 0 atom stereocenters. The summed E-state index contributed by atoms with van der Waals surface area (Å²) in [5.74, 6) is 0.665. The smallest absolute Gasteiger partial charge is 0.280 e. The molecule has 0 aliphatic carbocycles. The first-order chi connectivity index (χ1) is 13.4. The molecule has 0 aliphatic rings. The predicted octanol–water partition coefficient (Wildman–Crippen LogP) is 5.61. The molecular weight excluding hydrogens is 388 g/mol. The van der Waals surface area contributed by atoms with Crippen molar-refractivity contribution in [3.63, 3.8) is 0 Å². The Balaban J connectivity index is 2.80. The van der Waals surface area contributed by atoms with E-state index in [0.29, 0.717) is 28.3 Å². The normalized spacial score (nSPS) is 11.7. The van der Waals surface area contributed by atoms with E-state index in [4.69, 9.17) is 9.16 Å². The van der Waals surface area contributed by atoms with Gasteiger partial charge in [-0.05, 0) is 42.4 Å². The second-order valence-corrected chi connectivity index (χ2v) is 13.1. The summed E-state index contributed by atoms with van der Waals surface area (Å²) < 4.78 is 11.8. The van der Waals surface area contributed by atoms with Crippen molar-refractivity contribution >= 4 is 25.6 Å². The lowest BCUT2D eigenvalue weighted by Gasteiger charge is -2.37. The molecule has 0 saturated heterocycles. The lowest BCUT2D eigenvalue weighted by molar-refractivity contribution is -0.384. The molecule has 1 amide bonds. The molecule has 2 rings (SSSR count). The van der Waals surface area contributed by atoms with Crippen molar-refractivity contribution in [3.8, 4) is 22.6 Å². The van der Waals surface area contributed by atoms with E-state index >= 15 is 0 Å². The molecule has 8 heteroatoms. The summed E-state index contributed by atoms with van der Waals surface area (Å²) in [6.45, 7) is 11.9. The Labute approximate surface area is 172 Å². The summed E-state index contributed by atoms with van der Waals surface area (Å²) in [4.78, 5) is 23.1. The first-order valence-corrected chi connectivity index (χ1v) is 12.2. The van der Waals surface area contributed by atoms with Crippen LogP contribution in [0.4, 0.5) is 11.4 Å². The number of methoxy groups -OCH3 is 1. The van der Waals surface area contributed by atoms with Gasteiger partial charge in [0, 0.05) is 24.2 Å². The van der Waals surface area contributed by atoms with Gasteiger partial charge in [0.25, 0.3) is 14.0 Å². The van der Waals surface area contributed by atoms with E-state index in [9.17, 15) is 14.9 Å². The number of ether oxygens (including phenoxy) is 1. The molecule has 0 bridgehead atoms. The van der Waals surface area contributed by atoms with Crippen molar-refractivity contribution in [3.05, 3.63) is 46.5 Å². The van der Waals surface area contributed by atoms with Crippen LogP contribution in [0.1, 0.15) is 27.7 Å². The van der Waals surface area contributed by atoms with Crippen LogP contribution in [0.25, 0.3) is 11.1 Å². The molecule has 2 aromatic carbocycles. The van der Waals surface area contributed by atoms with Gasteiger partial charge in [0.05, 0.1) is 12.0 Å². The maximum atomic E-state index is 11.8. The number of amides is 1. The third kappa shape index (κ3) is 4.95. The Bertz CT molecular complexity index is 935. The number of rotatable bonds is 6. The van der Waals surface area contributed by atoms with Crippen LogP contribution < -0.4 is 14.5 Å². The Morgan fingerprint density at radius 2 is 1.83 bits per heavy atom. The molecule has 0 radical (unpaired) electrons. The minimum absolute atomic E-state index is 0.0935. The van der Waals surface area contributed by atoms with Gasteiger partial charge in [-0.1, -0.05) is 26.8 Å². The lowest BCUT2D eigenvalue weighted by Crippen LogP contribution is -2.44. The molecule has 2 aromatic rings. The SMILES string of the molecule is COc1ccc(NC(C)=O)c(-c2c(O[Si](C)(C)C(C)(C)C)cccc2[N+](=O)[O-])c1. The van der Waals surface area contributed by atoms with Crippen LogP contribution in [0.2, 0.25) is 18.1 Å². The number of hydrogen-bond donors (Lipinski definition) is 1. The fourth-order valence-corrected chi connectivity index (χ4v) is 3.64. The highest BCUT2D eigenvalue weighted by molar-refractivity contribution is 6.74. The summed E-state index contributed by atoms with van der Waals surface area (Å²) in [5, 5.41) is 14.5. The molecule has 156 valence electrons. The van der Waals surface area contributed by atoms with Crippen molar-refractivity contribution in [1.82, 2.24) is 0 Å². The maximum Gasteiger partial charge on any atom is 0.280 e. The minimum Gasteiger partial charge on any atom is -0.543 e. The molecule has 0 saturated carbocycles. The Hall–Kier alpha value is -2.87. The largest absolute Gasteiger partial charge is 0.543 e. The van der Waals surface area contributed by atoms with E-state index < -0.39 is 13.2 Å². The van der Waals surface area contributed by atoms with Crippen molar-refractivity contribution in [2.75, 3.05) is 12.4 Å². The first-order valence-electron chi connectivity index (χ1n) is 9.30. The molecule has 0 aliphatic heterocycles. The molecule has 0 spiro atoms. The zero-order chi connectivity index (χ0) is 22.0. The Morgan fingerprint density at radius 1 is 1.17 bits per heavy atom. The number of anilines is 1. The van der Waals surface area contributed by atoms with Gasteiger partial charge in [-0.25, -0.2) is 0 Å². The fourth-order valence-electron chi connectivity index (χ4n) is 2.61. The topological polar surface area (TPSA) is 90.7 Å². The van der Waals surface area contributed by atoms with Gasteiger partial charge < -0.3 is 14.5 Å². The van der Waals surface area contributed by atoms with Crippen molar-refractivity contribution < 1.29 is 18.9 Å². The van der Waals surface area contributed by atoms with Crippen LogP contribution in [0.5, 0.6) is 11.5 Å². The Kier molecular flexibility index (Phi) is 6.37. The van der Waals surface area contributed by atoms with Gasteiger partial charge in [-0.15, -0.1) is 0 Å². The van der Waals surface area contributed by atoms with Gasteiger partial charge in [0.2, 0.25) is 5.91 Å². The molecule has 29 heavy (non-hydrogen) atoms. The van der Waals surface area contributed by atoms with Gasteiger partial charge in [-0.3, -0.25) is 14.9 Å². The highest BCUT2D eigenvalue weighted by Crippen LogP contribution is 2.46. The van der Waals surface area contributed by atoms with Crippen molar-refractivity contribution in [1.29, 1.82) is 0 Å². The average Bonchev–Trinajstić information content (AvgIpc) is 2.60. The van der Waals surface area contributed by atoms with Gasteiger partial charge >= 0.3 is 0 Å². The number of hydrogen-bond acceptors (Lipinski definition) is 5. The number of benzene rings is 2. The van der Waals surface area contributed by atoms with Gasteiger partial charge in [0.1, 0.15) is 17.1 Å². The number of carbonyl (C=O) groups excluding carboxylic acids is 1. The summed E-state index contributed by atoms with van der Waals surface area (Å²) in [6, 6.07) is 9.82. The van der Waals surface area contributed by atoms with Crippen LogP contribution >= 0.6 is 0 Å².